The van der Waals surface area contributed by atoms with E-state index in [0.29, 0.717) is 21.2 Å². The molecular weight excluding hydrogens is 271 g/mol. The van der Waals surface area contributed by atoms with E-state index >= 15 is 0 Å². The van der Waals surface area contributed by atoms with Crippen molar-refractivity contribution >= 4 is 29.0 Å². The molecule has 0 aliphatic heterocycles. The lowest BCUT2D eigenvalue weighted by Crippen LogP contribution is -2.12. The topological polar surface area (TPSA) is 37.3 Å². The van der Waals surface area contributed by atoms with Crippen molar-refractivity contribution in [3.8, 4) is 0 Å². The molecule has 0 saturated heterocycles. The van der Waals surface area contributed by atoms with Gasteiger partial charge >= 0.3 is 0 Å². The van der Waals surface area contributed by atoms with E-state index in [1.54, 1.807) is 42.5 Å². The Morgan fingerprint density at radius 3 is 2.22 bits per heavy atom. The van der Waals surface area contributed by atoms with Crippen molar-refractivity contribution in [3.05, 3.63) is 69.7 Å². The molecule has 1 N–H and O–H groups in total. The minimum atomic E-state index is -1.23. The SMILES string of the molecule is O=C(c1cccc(Cl)c1)C(O)c1cccc(Cl)c1. The van der Waals surface area contributed by atoms with Crippen molar-refractivity contribution in [2.75, 3.05) is 0 Å². The van der Waals surface area contributed by atoms with Crippen LogP contribution in [0.5, 0.6) is 0 Å². The first-order chi connectivity index (χ1) is 8.58. The highest BCUT2D eigenvalue weighted by atomic mass is 35.5. The summed E-state index contributed by atoms with van der Waals surface area (Å²) < 4.78 is 0. The van der Waals surface area contributed by atoms with Crippen molar-refractivity contribution in [1.29, 1.82) is 0 Å². The largest absolute Gasteiger partial charge is 0.380 e. The predicted octanol–water partition coefficient (Wildman–Crippen LogP) is 3.91. The smallest absolute Gasteiger partial charge is 0.195 e. The number of halogens is 2. The van der Waals surface area contributed by atoms with E-state index in [-0.39, 0.29) is 0 Å². The molecule has 0 spiro atoms. The molecule has 2 aromatic carbocycles. The fraction of sp³-hybridized carbons (Fsp3) is 0.0714. The molecule has 0 radical (unpaired) electrons. The lowest BCUT2D eigenvalue weighted by atomic mass is 10.0. The van der Waals surface area contributed by atoms with Gasteiger partial charge in [0.1, 0.15) is 6.10 Å². The maximum Gasteiger partial charge on any atom is 0.195 e. The Morgan fingerprint density at radius 1 is 1.00 bits per heavy atom. The van der Waals surface area contributed by atoms with E-state index in [2.05, 4.69) is 0 Å². The molecule has 2 rings (SSSR count). The highest BCUT2D eigenvalue weighted by Crippen LogP contribution is 2.22. The second-order valence-corrected chi connectivity index (χ2v) is 4.71. The molecule has 2 nitrogen and oxygen atoms in total. The van der Waals surface area contributed by atoms with Gasteiger partial charge in [-0.1, -0.05) is 47.5 Å². The molecule has 0 amide bonds. The van der Waals surface area contributed by atoms with E-state index in [4.69, 9.17) is 23.2 Å². The van der Waals surface area contributed by atoms with Gasteiger partial charge in [0, 0.05) is 15.6 Å². The summed E-state index contributed by atoms with van der Waals surface area (Å²) in [5, 5.41) is 10.9. The Labute approximate surface area is 115 Å². The Morgan fingerprint density at radius 2 is 1.61 bits per heavy atom. The number of hydrogen-bond acceptors (Lipinski definition) is 2. The second kappa shape index (κ2) is 5.53. The first-order valence-electron chi connectivity index (χ1n) is 5.31. The molecule has 1 atom stereocenters. The predicted molar refractivity (Wildman–Crippen MR) is 72.2 cm³/mol. The van der Waals surface area contributed by atoms with Crippen LogP contribution in [0.25, 0.3) is 0 Å². The summed E-state index contributed by atoms with van der Waals surface area (Å²) in [4.78, 5) is 12.1. The number of aliphatic hydroxyl groups is 1. The minimum absolute atomic E-state index is 0.370. The summed E-state index contributed by atoms with van der Waals surface area (Å²) in [6, 6.07) is 13.1. The standard InChI is InChI=1S/C14H10Cl2O2/c15-11-5-1-3-9(7-11)13(17)14(18)10-4-2-6-12(16)8-10/h1-8,13,17H. The average Bonchev–Trinajstić information content (AvgIpc) is 2.37. The van der Waals surface area contributed by atoms with Crippen LogP contribution in [0.15, 0.2) is 48.5 Å². The van der Waals surface area contributed by atoms with E-state index in [0.717, 1.165) is 0 Å². The minimum Gasteiger partial charge on any atom is -0.380 e. The van der Waals surface area contributed by atoms with Crippen LogP contribution in [0, 0.1) is 0 Å². The van der Waals surface area contributed by atoms with Crippen LogP contribution >= 0.6 is 23.2 Å². The molecule has 2 aromatic rings. The summed E-state index contributed by atoms with van der Waals surface area (Å²) in [6.07, 6.45) is -1.23. The van der Waals surface area contributed by atoms with Crippen LogP contribution in [0.3, 0.4) is 0 Å². The van der Waals surface area contributed by atoms with Crippen LogP contribution in [0.1, 0.15) is 22.0 Å². The second-order valence-electron chi connectivity index (χ2n) is 3.83. The van der Waals surface area contributed by atoms with Gasteiger partial charge in [0.15, 0.2) is 5.78 Å². The van der Waals surface area contributed by atoms with Crippen LogP contribution < -0.4 is 0 Å². The summed E-state index contributed by atoms with van der Waals surface area (Å²) in [5.41, 5.74) is 0.836. The van der Waals surface area contributed by atoms with Crippen LogP contribution in [0.4, 0.5) is 0 Å². The highest BCUT2D eigenvalue weighted by molar-refractivity contribution is 6.31. The molecule has 0 saturated carbocycles. The number of hydrogen-bond donors (Lipinski definition) is 1. The maximum atomic E-state index is 12.1. The zero-order valence-electron chi connectivity index (χ0n) is 9.31. The maximum absolute atomic E-state index is 12.1. The third kappa shape index (κ3) is 2.91. The van der Waals surface area contributed by atoms with Crippen molar-refractivity contribution in [1.82, 2.24) is 0 Å². The van der Waals surface area contributed by atoms with Gasteiger partial charge in [-0.15, -0.1) is 0 Å². The molecule has 1 unspecified atom stereocenters. The van der Waals surface area contributed by atoms with Crippen molar-refractivity contribution in [2.45, 2.75) is 6.10 Å². The molecule has 0 bridgehead atoms. The Balaban J connectivity index is 2.29. The monoisotopic (exact) mass is 280 g/mol. The van der Waals surface area contributed by atoms with Gasteiger partial charge in [-0.2, -0.15) is 0 Å². The molecule has 18 heavy (non-hydrogen) atoms. The fourth-order valence-corrected chi connectivity index (χ4v) is 2.02. The Kier molecular flexibility index (Phi) is 4.02. The fourth-order valence-electron chi connectivity index (χ4n) is 1.63. The van der Waals surface area contributed by atoms with Gasteiger partial charge in [0.2, 0.25) is 0 Å². The van der Waals surface area contributed by atoms with Gasteiger partial charge in [-0.25, -0.2) is 0 Å². The number of rotatable bonds is 3. The van der Waals surface area contributed by atoms with Gasteiger partial charge in [-0.05, 0) is 29.8 Å². The van der Waals surface area contributed by atoms with E-state index in [1.807, 2.05) is 0 Å². The number of benzene rings is 2. The Hall–Kier alpha value is -1.35. The molecule has 0 aliphatic rings. The zero-order chi connectivity index (χ0) is 13.1. The third-order valence-electron chi connectivity index (χ3n) is 2.52. The normalized spacial score (nSPS) is 12.2. The third-order valence-corrected chi connectivity index (χ3v) is 2.99. The molecule has 0 aliphatic carbocycles. The van der Waals surface area contributed by atoms with Gasteiger partial charge < -0.3 is 5.11 Å². The lowest BCUT2D eigenvalue weighted by Gasteiger charge is -2.10. The summed E-state index contributed by atoms with van der Waals surface area (Å²) in [6.45, 7) is 0. The first kappa shape index (κ1) is 13.1. The molecule has 0 aromatic heterocycles. The molecule has 4 heteroatoms. The summed E-state index contributed by atoms with van der Waals surface area (Å²) in [7, 11) is 0. The number of Topliss-reactive ketones (excluding diaryl/α,β-unsaturated/α-hetero) is 1. The Bertz CT molecular complexity index is 582. The number of ketones is 1. The average molecular weight is 281 g/mol. The number of aliphatic hydroxyl groups excluding tert-OH is 1. The lowest BCUT2D eigenvalue weighted by molar-refractivity contribution is 0.0747. The van der Waals surface area contributed by atoms with Crippen molar-refractivity contribution in [3.63, 3.8) is 0 Å². The van der Waals surface area contributed by atoms with Crippen LogP contribution in [-0.4, -0.2) is 10.9 Å². The van der Waals surface area contributed by atoms with Gasteiger partial charge in [0.25, 0.3) is 0 Å². The molecule has 92 valence electrons. The van der Waals surface area contributed by atoms with E-state index in [1.165, 1.54) is 6.07 Å². The number of carbonyl (C=O) groups excluding carboxylic acids is 1. The van der Waals surface area contributed by atoms with Crippen molar-refractivity contribution < 1.29 is 9.90 Å². The zero-order valence-corrected chi connectivity index (χ0v) is 10.8. The highest BCUT2D eigenvalue weighted by Gasteiger charge is 2.19. The number of carbonyl (C=O) groups is 1. The first-order valence-corrected chi connectivity index (χ1v) is 6.07. The summed E-state index contributed by atoms with van der Waals surface area (Å²) >= 11 is 11.6. The van der Waals surface area contributed by atoms with E-state index < -0.39 is 11.9 Å². The van der Waals surface area contributed by atoms with E-state index in [9.17, 15) is 9.90 Å². The van der Waals surface area contributed by atoms with Crippen LogP contribution in [0.2, 0.25) is 10.0 Å². The quantitative estimate of drug-likeness (QED) is 0.866. The molecule has 0 fully saturated rings. The molecular formula is C14H10Cl2O2. The summed E-state index contributed by atoms with van der Waals surface area (Å²) in [5.74, 6) is -0.403. The van der Waals surface area contributed by atoms with Gasteiger partial charge in [0.05, 0.1) is 0 Å². The van der Waals surface area contributed by atoms with Crippen molar-refractivity contribution in [2.24, 2.45) is 0 Å². The molecule has 0 heterocycles. The van der Waals surface area contributed by atoms with Gasteiger partial charge in [-0.3, -0.25) is 4.79 Å². The van der Waals surface area contributed by atoms with Crippen LogP contribution in [-0.2, 0) is 0 Å².